The Balaban J connectivity index is 2.99. The van der Waals surface area contributed by atoms with Crippen LogP contribution in [0.4, 0.5) is 13.2 Å². The van der Waals surface area contributed by atoms with Crippen molar-refractivity contribution < 1.29 is 22.6 Å². The zero-order chi connectivity index (χ0) is 13.0. The minimum Gasteiger partial charge on any atom is -0.381 e. The summed E-state index contributed by atoms with van der Waals surface area (Å²) in [4.78, 5) is 0. The molecule has 0 bridgehead atoms. The molecule has 0 aliphatic heterocycles. The van der Waals surface area contributed by atoms with E-state index in [1.54, 1.807) is 0 Å². The van der Waals surface area contributed by atoms with E-state index in [1.807, 2.05) is 0 Å². The maximum Gasteiger partial charge on any atom is 0.411 e. The van der Waals surface area contributed by atoms with E-state index in [0.29, 0.717) is 13.0 Å². The van der Waals surface area contributed by atoms with Gasteiger partial charge < -0.3 is 14.8 Å². The average Bonchev–Trinajstić information content (AvgIpc) is 2.24. The van der Waals surface area contributed by atoms with Crippen LogP contribution in [0.1, 0.15) is 26.2 Å². The third-order valence-corrected chi connectivity index (χ3v) is 1.90. The third-order valence-electron chi connectivity index (χ3n) is 1.90. The van der Waals surface area contributed by atoms with Crippen LogP contribution in [0.15, 0.2) is 0 Å². The molecule has 0 saturated heterocycles. The molecule has 0 amide bonds. The highest BCUT2D eigenvalue weighted by Crippen LogP contribution is 2.14. The van der Waals surface area contributed by atoms with Crippen molar-refractivity contribution in [2.45, 2.75) is 32.4 Å². The van der Waals surface area contributed by atoms with E-state index in [1.165, 1.54) is 0 Å². The summed E-state index contributed by atoms with van der Waals surface area (Å²) in [7, 11) is 0. The monoisotopic (exact) mass is 257 g/mol. The highest BCUT2D eigenvalue weighted by molar-refractivity contribution is 4.49. The van der Waals surface area contributed by atoms with Crippen LogP contribution in [0.25, 0.3) is 0 Å². The zero-order valence-electron chi connectivity index (χ0n) is 10.3. The first-order valence-electron chi connectivity index (χ1n) is 5.99. The SMILES string of the molecule is CCCOCCCNCCCOCC(F)(F)F. The molecule has 0 aliphatic carbocycles. The Hall–Kier alpha value is -0.330. The van der Waals surface area contributed by atoms with E-state index in [4.69, 9.17) is 4.74 Å². The van der Waals surface area contributed by atoms with Gasteiger partial charge in [-0.2, -0.15) is 13.2 Å². The predicted octanol–water partition coefficient (Wildman–Crippen LogP) is 2.36. The van der Waals surface area contributed by atoms with Gasteiger partial charge in [-0.15, -0.1) is 0 Å². The lowest BCUT2D eigenvalue weighted by Gasteiger charge is -2.08. The van der Waals surface area contributed by atoms with Gasteiger partial charge in [0.05, 0.1) is 0 Å². The Bertz CT molecular complexity index is 165. The summed E-state index contributed by atoms with van der Waals surface area (Å²) in [5.41, 5.74) is 0. The molecule has 17 heavy (non-hydrogen) atoms. The summed E-state index contributed by atoms with van der Waals surface area (Å²) in [6.07, 6.45) is -1.69. The molecule has 0 fully saturated rings. The Labute approximate surface area is 101 Å². The van der Waals surface area contributed by atoms with E-state index >= 15 is 0 Å². The minimum atomic E-state index is -4.22. The van der Waals surface area contributed by atoms with Crippen molar-refractivity contribution in [2.75, 3.05) is 39.5 Å². The molecule has 0 aliphatic rings. The largest absolute Gasteiger partial charge is 0.411 e. The third kappa shape index (κ3) is 15.7. The van der Waals surface area contributed by atoms with Gasteiger partial charge in [0.1, 0.15) is 6.61 Å². The second-order valence-electron chi connectivity index (χ2n) is 3.74. The number of ether oxygens (including phenoxy) is 2. The molecular formula is C11H22F3NO2. The highest BCUT2D eigenvalue weighted by atomic mass is 19.4. The second kappa shape index (κ2) is 10.8. The lowest BCUT2D eigenvalue weighted by molar-refractivity contribution is -0.173. The Morgan fingerprint density at radius 1 is 0.941 bits per heavy atom. The Morgan fingerprint density at radius 2 is 1.53 bits per heavy atom. The lowest BCUT2D eigenvalue weighted by atomic mass is 10.4. The van der Waals surface area contributed by atoms with Gasteiger partial charge >= 0.3 is 6.18 Å². The maximum absolute atomic E-state index is 11.7. The standard InChI is InChI=1S/C11H22F3NO2/c1-2-7-16-8-3-5-15-6-4-9-17-10-11(12,13)14/h15H,2-10H2,1H3. The van der Waals surface area contributed by atoms with Gasteiger partial charge in [-0.25, -0.2) is 0 Å². The van der Waals surface area contributed by atoms with Crippen LogP contribution < -0.4 is 5.32 Å². The second-order valence-corrected chi connectivity index (χ2v) is 3.74. The van der Waals surface area contributed by atoms with E-state index < -0.39 is 12.8 Å². The Kier molecular flexibility index (Phi) is 10.6. The number of hydrogen-bond acceptors (Lipinski definition) is 3. The van der Waals surface area contributed by atoms with Crippen molar-refractivity contribution in [3.63, 3.8) is 0 Å². The van der Waals surface area contributed by atoms with E-state index in [0.717, 1.165) is 32.6 Å². The molecule has 0 aromatic carbocycles. The molecule has 0 spiro atoms. The molecule has 104 valence electrons. The fourth-order valence-corrected chi connectivity index (χ4v) is 1.16. The summed E-state index contributed by atoms with van der Waals surface area (Å²) in [5, 5.41) is 3.12. The van der Waals surface area contributed by atoms with Gasteiger partial charge in [-0.3, -0.25) is 0 Å². The normalized spacial score (nSPS) is 12.0. The predicted molar refractivity (Wildman–Crippen MR) is 60.1 cm³/mol. The summed E-state index contributed by atoms with van der Waals surface area (Å²) in [6.45, 7) is 4.04. The van der Waals surface area contributed by atoms with Crippen LogP contribution in [0.5, 0.6) is 0 Å². The maximum atomic E-state index is 11.7. The number of alkyl halides is 3. The van der Waals surface area contributed by atoms with Gasteiger partial charge in [0, 0.05) is 19.8 Å². The molecule has 0 unspecified atom stereocenters. The van der Waals surface area contributed by atoms with Gasteiger partial charge in [-0.1, -0.05) is 6.92 Å². The summed E-state index contributed by atoms with van der Waals surface area (Å²) < 4.78 is 44.8. The average molecular weight is 257 g/mol. The molecule has 0 aromatic heterocycles. The quantitative estimate of drug-likeness (QED) is 0.576. The highest BCUT2D eigenvalue weighted by Gasteiger charge is 2.26. The van der Waals surface area contributed by atoms with Crippen LogP contribution in [0.3, 0.4) is 0 Å². The number of hydrogen-bond donors (Lipinski definition) is 1. The van der Waals surface area contributed by atoms with Crippen molar-refractivity contribution in [1.29, 1.82) is 0 Å². The molecule has 1 N–H and O–H groups in total. The van der Waals surface area contributed by atoms with Gasteiger partial charge in [-0.05, 0) is 32.4 Å². The molecule has 0 saturated carbocycles. The smallest absolute Gasteiger partial charge is 0.381 e. The van der Waals surface area contributed by atoms with Crippen molar-refractivity contribution in [2.24, 2.45) is 0 Å². The van der Waals surface area contributed by atoms with Crippen LogP contribution in [0.2, 0.25) is 0 Å². The molecular weight excluding hydrogens is 235 g/mol. The van der Waals surface area contributed by atoms with Gasteiger partial charge in [0.15, 0.2) is 0 Å². The van der Waals surface area contributed by atoms with Crippen LogP contribution in [-0.2, 0) is 9.47 Å². The Morgan fingerprint density at radius 3 is 2.06 bits per heavy atom. The fraction of sp³-hybridized carbons (Fsp3) is 1.00. The molecule has 0 aromatic rings. The molecule has 0 radical (unpaired) electrons. The van der Waals surface area contributed by atoms with Crippen molar-refractivity contribution in [3.8, 4) is 0 Å². The van der Waals surface area contributed by atoms with Crippen molar-refractivity contribution in [1.82, 2.24) is 5.32 Å². The van der Waals surface area contributed by atoms with Crippen molar-refractivity contribution in [3.05, 3.63) is 0 Å². The molecule has 3 nitrogen and oxygen atoms in total. The molecule has 0 heterocycles. The molecule has 6 heteroatoms. The summed E-state index contributed by atoms with van der Waals surface area (Å²) in [5.74, 6) is 0. The first kappa shape index (κ1) is 16.7. The lowest BCUT2D eigenvalue weighted by Crippen LogP contribution is -2.21. The van der Waals surface area contributed by atoms with Gasteiger partial charge in [0.2, 0.25) is 0 Å². The van der Waals surface area contributed by atoms with Crippen LogP contribution in [0, 0.1) is 0 Å². The number of rotatable bonds is 11. The van der Waals surface area contributed by atoms with E-state index in [2.05, 4.69) is 17.0 Å². The minimum absolute atomic E-state index is 0.138. The summed E-state index contributed by atoms with van der Waals surface area (Å²) >= 11 is 0. The van der Waals surface area contributed by atoms with Gasteiger partial charge in [0.25, 0.3) is 0 Å². The molecule has 0 atom stereocenters. The van der Waals surface area contributed by atoms with Crippen LogP contribution in [-0.4, -0.2) is 45.7 Å². The molecule has 0 rings (SSSR count). The van der Waals surface area contributed by atoms with Crippen molar-refractivity contribution >= 4 is 0 Å². The topological polar surface area (TPSA) is 30.5 Å². The summed E-state index contributed by atoms with van der Waals surface area (Å²) in [6, 6.07) is 0. The van der Waals surface area contributed by atoms with Crippen LogP contribution >= 0.6 is 0 Å². The number of halogens is 3. The van der Waals surface area contributed by atoms with E-state index in [9.17, 15) is 13.2 Å². The number of nitrogens with one attached hydrogen (secondary N) is 1. The zero-order valence-corrected chi connectivity index (χ0v) is 10.3. The first-order chi connectivity index (χ1) is 8.06. The van der Waals surface area contributed by atoms with E-state index in [-0.39, 0.29) is 6.61 Å². The first-order valence-corrected chi connectivity index (χ1v) is 5.99. The fourth-order valence-electron chi connectivity index (χ4n) is 1.16.